The molecule has 114 valence electrons. The van der Waals surface area contributed by atoms with Gasteiger partial charge in [-0.3, -0.25) is 4.99 Å². The summed E-state index contributed by atoms with van der Waals surface area (Å²) in [4.78, 5) is 8.57. The van der Waals surface area contributed by atoms with E-state index in [4.69, 9.17) is 4.42 Å². The minimum atomic E-state index is 0.417. The monoisotopic (exact) mass is 280 g/mol. The highest BCUT2D eigenvalue weighted by Crippen LogP contribution is 2.07. The van der Waals surface area contributed by atoms with Crippen LogP contribution in [0.1, 0.15) is 56.9 Å². The van der Waals surface area contributed by atoms with Crippen LogP contribution in [0.25, 0.3) is 0 Å². The van der Waals surface area contributed by atoms with Crippen LogP contribution in [0, 0.1) is 13.8 Å². The van der Waals surface area contributed by atoms with Crippen LogP contribution in [0.4, 0.5) is 0 Å². The maximum atomic E-state index is 5.54. The Morgan fingerprint density at radius 3 is 2.65 bits per heavy atom. The third kappa shape index (κ3) is 5.63. The molecule has 0 bridgehead atoms. The van der Waals surface area contributed by atoms with Crippen molar-refractivity contribution in [2.24, 2.45) is 4.99 Å². The van der Waals surface area contributed by atoms with E-state index in [1.54, 1.807) is 7.05 Å². The molecule has 5 nitrogen and oxygen atoms in total. The SMILES string of the molecule is CCCCCC(C)NC(=NC)NCc1nc(C)c(C)o1. The van der Waals surface area contributed by atoms with Crippen LogP contribution in [0.15, 0.2) is 9.41 Å². The van der Waals surface area contributed by atoms with E-state index in [-0.39, 0.29) is 0 Å². The highest BCUT2D eigenvalue weighted by atomic mass is 16.4. The van der Waals surface area contributed by atoms with Crippen molar-refractivity contribution in [2.75, 3.05) is 7.05 Å². The fraction of sp³-hybridized carbons (Fsp3) is 0.733. The highest BCUT2D eigenvalue weighted by Gasteiger charge is 2.08. The minimum absolute atomic E-state index is 0.417. The van der Waals surface area contributed by atoms with Crippen molar-refractivity contribution in [3.63, 3.8) is 0 Å². The number of hydrogen-bond donors (Lipinski definition) is 2. The maximum absolute atomic E-state index is 5.54. The summed E-state index contributed by atoms with van der Waals surface area (Å²) in [7, 11) is 1.78. The van der Waals surface area contributed by atoms with Crippen molar-refractivity contribution in [3.8, 4) is 0 Å². The van der Waals surface area contributed by atoms with E-state index >= 15 is 0 Å². The number of hydrogen-bond acceptors (Lipinski definition) is 3. The molecular formula is C15H28N4O. The predicted molar refractivity (Wildman–Crippen MR) is 82.9 cm³/mol. The lowest BCUT2D eigenvalue weighted by Crippen LogP contribution is -2.41. The molecule has 0 aliphatic carbocycles. The van der Waals surface area contributed by atoms with Gasteiger partial charge in [-0.1, -0.05) is 26.2 Å². The number of nitrogens with zero attached hydrogens (tertiary/aromatic N) is 2. The molecule has 0 spiro atoms. The summed E-state index contributed by atoms with van der Waals surface area (Å²) in [6.45, 7) is 8.83. The van der Waals surface area contributed by atoms with Crippen molar-refractivity contribution in [1.29, 1.82) is 0 Å². The number of nitrogens with one attached hydrogen (secondary N) is 2. The molecule has 0 amide bonds. The summed E-state index contributed by atoms with van der Waals surface area (Å²) in [6, 6.07) is 0.417. The Balaban J connectivity index is 2.36. The second-order valence-corrected chi connectivity index (χ2v) is 5.22. The first-order valence-corrected chi connectivity index (χ1v) is 7.46. The maximum Gasteiger partial charge on any atom is 0.214 e. The predicted octanol–water partition coefficient (Wildman–Crippen LogP) is 2.93. The number of rotatable bonds is 7. The molecule has 2 N–H and O–H groups in total. The summed E-state index contributed by atoms with van der Waals surface area (Å²) in [6.07, 6.45) is 4.95. The van der Waals surface area contributed by atoms with Gasteiger partial charge in [-0.2, -0.15) is 0 Å². The van der Waals surface area contributed by atoms with E-state index < -0.39 is 0 Å². The summed E-state index contributed by atoms with van der Waals surface area (Å²) in [5, 5.41) is 6.62. The molecule has 1 heterocycles. The molecule has 5 heteroatoms. The van der Waals surface area contributed by atoms with Gasteiger partial charge in [-0.05, 0) is 27.2 Å². The van der Waals surface area contributed by atoms with Crippen LogP contribution in [0.3, 0.4) is 0 Å². The molecule has 1 atom stereocenters. The van der Waals surface area contributed by atoms with Gasteiger partial charge in [0.25, 0.3) is 0 Å². The topological polar surface area (TPSA) is 62.5 Å². The Bertz CT molecular complexity index is 406. The van der Waals surface area contributed by atoms with Crippen LogP contribution < -0.4 is 10.6 Å². The van der Waals surface area contributed by atoms with Crippen molar-refractivity contribution in [1.82, 2.24) is 15.6 Å². The normalized spacial score (nSPS) is 13.3. The summed E-state index contributed by atoms with van der Waals surface area (Å²) in [5.41, 5.74) is 0.942. The first-order chi connectivity index (χ1) is 9.56. The minimum Gasteiger partial charge on any atom is -0.444 e. The Kier molecular flexibility index (Phi) is 7.12. The second kappa shape index (κ2) is 8.61. The number of aromatic nitrogens is 1. The van der Waals surface area contributed by atoms with Crippen LogP contribution in [0.2, 0.25) is 0 Å². The molecule has 0 radical (unpaired) electrons. The molecule has 0 saturated carbocycles. The zero-order valence-electron chi connectivity index (χ0n) is 13.4. The van der Waals surface area contributed by atoms with Gasteiger partial charge in [0, 0.05) is 13.1 Å². The molecule has 0 saturated heterocycles. The molecule has 1 unspecified atom stereocenters. The number of guanidine groups is 1. The number of oxazole rings is 1. The molecule has 1 rings (SSSR count). The van der Waals surface area contributed by atoms with Gasteiger partial charge in [-0.15, -0.1) is 0 Å². The lowest BCUT2D eigenvalue weighted by molar-refractivity contribution is 0.462. The number of aliphatic imine (C=N–C) groups is 1. The van der Waals surface area contributed by atoms with E-state index in [0.29, 0.717) is 18.5 Å². The van der Waals surface area contributed by atoms with E-state index in [9.17, 15) is 0 Å². The van der Waals surface area contributed by atoms with Gasteiger partial charge < -0.3 is 15.1 Å². The van der Waals surface area contributed by atoms with Crippen LogP contribution in [0.5, 0.6) is 0 Å². The molecule has 0 aliphatic rings. The van der Waals surface area contributed by atoms with Gasteiger partial charge in [0.05, 0.1) is 12.2 Å². The molecular weight excluding hydrogens is 252 g/mol. The Hall–Kier alpha value is -1.52. The van der Waals surface area contributed by atoms with Crippen LogP contribution in [-0.2, 0) is 6.54 Å². The number of aryl methyl sites for hydroxylation is 2. The van der Waals surface area contributed by atoms with E-state index in [2.05, 4.69) is 34.5 Å². The van der Waals surface area contributed by atoms with Gasteiger partial charge in [-0.25, -0.2) is 4.98 Å². The first kappa shape index (κ1) is 16.5. The van der Waals surface area contributed by atoms with Gasteiger partial charge in [0.2, 0.25) is 5.89 Å². The highest BCUT2D eigenvalue weighted by molar-refractivity contribution is 5.79. The third-order valence-electron chi connectivity index (χ3n) is 3.33. The van der Waals surface area contributed by atoms with Crippen molar-refractivity contribution >= 4 is 5.96 Å². The smallest absolute Gasteiger partial charge is 0.214 e. The third-order valence-corrected chi connectivity index (χ3v) is 3.33. The molecule has 0 aromatic carbocycles. The van der Waals surface area contributed by atoms with Gasteiger partial charge in [0.1, 0.15) is 5.76 Å². The fourth-order valence-corrected chi connectivity index (χ4v) is 1.97. The lowest BCUT2D eigenvalue weighted by atomic mass is 10.1. The molecule has 20 heavy (non-hydrogen) atoms. The van der Waals surface area contributed by atoms with Gasteiger partial charge >= 0.3 is 0 Å². The zero-order valence-corrected chi connectivity index (χ0v) is 13.4. The fourth-order valence-electron chi connectivity index (χ4n) is 1.97. The van der Waals surface area contributed by atoms with Gasteiger partial charge in [0.15, 0.2) is 5.96 Å². The van der Waals surface area contributed by atoms with E-state index in [1.807, 2.05) is 13.8 Å². The van der Waals surface area contributed by atoms with Crippen molar-refractivity contribution < 1.29 is 4.42 Å². The Morgan fingerprint density at radius 2 is 2.10 bits per heavy atom. The quantitative estimate of drug-likeness (QED) is 0.458. The summed E-state index contributed by atoms with van der Waals surface area (Å²) in [5.74, 6) is 2.36. The van der Waals surface area contributed by atoms with Crippen molar-refractivity contribution in [2.45, 2.75) is 66.0 Å². The second-order valence-electron chi connectivity index (χ2n) is 5.22. The van der Waals surface area contributed by atoms with Crippen molar-refractivity contribution in [3.05, 3.63) is 17.3 Å². The first-order valence-electron chi connectivity index (χ1n) is 7.46. The average Bonchev–Trinajstić information content (AvgIpc) is 2.74. The Labute approximate surface area is 122 Å². The summed E-state index contributed by atoms with van der Waals surface area (Å²) >= 11 is 0. The molecule has 1 aromatic rings. The Morgan fingerprint density at radius 1 is 1.35 bits per heavy atom. The average molecular weight is 280 g/mol. The standard InChI is InChI=1S/C15H28N4O/c1-6-7-8-9-11(2)18-15(16-5)17-10-14-19-12(3)13(4)20-14/h11H,6-10H2,1-5H3,(H2,16,17,18). The lowest BCUT2D eigenvalue weighted by Gasteiger charge is -2.17. The molecule has 0 fully saturated rings. The van der Waals surface area contributed by atoms with Crippen LogP contribution in [-0.4, -0.2) is 24.0 Å². The van der Waals surface area contributed by atoms with E-state index in [0.717, 1.165) is 23.8 Å². The van der Waals surface area contributed by atoms with Crippen LogP contribution >= 0.6 is 0 Å². The zero-order chi connectivity index (χ0) is 15.0. The molecule has 1 aromatic heterocycles. The number of unbranched alkanes of at least 4 members (excludes halogenated alkanes) is 2. The van der Waals surface area contributed by atoms with E-state index in [1.165, 1.54) is 19.3 Å². The summed E-state index contributed by atoms with van der Waals surface area (Å²) < 4.78 is 5.54. The largest absolute Gasteiger partial charge is 0.444 e. The molecule has 0 aliphatic heterocycles.